The van der Waals surface area contributed by atoms with Gasteiger partial charge in [-0.05, 0) is 23.6 Å². The van der Waals surface area contributed by atoms with Crippen LogP contribution in [0.2, 0.25) is 0 Å². The van der Waals surface area contributed by atoms with E-state index in [0.717, 1.165) is 33.4 Å². The van der Waals surface area contributed by atoms with Gasteiger partial charge in [0.2, 0.25) is 0 Å². The third kappa shape index (κ3) is 2.37. The van der Waals surface area contributed by atoms with Crippen molar-refractivity contribution in [3.05, 3.63) is 59.3 Å². The minimum absolute atomic E-state index is 0.423. The minimum Gasteiger partial charge on any atom is -0.463 e. The zero-order valence-corrected chi connectivity index (χ0v) is 14.5. The maximum absolute atomic E-state index is 6.07. The molecule has 0 bridgehead atoms. The van der Waals surface area contributed by atoms with Crippen LogP contribution in [0.3, 0.4) is 0 Å². The summed E-state index contributed by atoms with van der Waals surface area (Å²) in [5.74, 6) is 1.35. The summed E-state index contributed by atoms with van der Waals surface area (Å²) in [6, 6.07) is 12.5. The van der Waals surface area contributed by atoms with Gasteiger partial charge in [0.15, 0.2) is 10.7 Å². The first kappa shape index (κ1) is 15.2. The van der Waals surface area contributed by atoms with Crippen LogP contribution in [0.4, 0.5) is 0 Å². The Morgan fingerprint density at radius 2 is 2.00 bits per heavy atom. The van der Waals surface area contributed by atoms with E-state index >= 15 is 0 Å². The van der Waals surface area contributed by atoms with Crippen LogP contribution in [0, 0.1) is 0 Å². The van der Waals surface area contributed by atoms with E-state index in [0.29, 0.717) is 12.5 Å². The molecule has 2 N–H and O–H groups in total. The number of hydrogen-bond acceptors (Lipinski definition) is 4. The number of hydrogen-bond donors (Lipinski definition) is 1. The molecule has 4 nitrogen and oxygen atoms in total. The lowest BCUT2D eigenvalue weighted by Gasteiger charge is -2.07. The number of furan rings is 1. The minimum atomic E-state index is 0.423. The lowest BCUT2D eigenvalue weighted by Crippen LogP contribution is -2.03. The number of imidazole rings is 1. The van der Waals surface area contributed by atoms with Crippen molar-refractivity contribution < 1.29 is 4.42 Å². The molecule has 0 aliphatic heterocycles. The number of fused-ring (bicyclic) bond motifs is 1. The van der Waals surface area contributed by atoms with Crippen LogP contribution < -0.4 is 5.73 Å². The number of aromatic nitrogens is 2. The molecule has 0 aliphatic rings. The smallest absolute Gasteiger partial charge is 0.195 e. The van der Waals surface area contributed by atoms with Gasteiger partial charge in [0, 0.05) is 17.5 Å². The lowest BCUT2D eigenvalue weighted by atomic mass is 10.0. The molecule has 0 amide bonds. The topological polar surface area (TPSA) is 56.5 Å². The third-order valence-corrected chi connectivity index (χ3v) is 5.10. The Balaban J connectivity index is 1.87. The summed E-state index contributed by atoms with van der Waals surface area (Å²) in [6.07, 6.45) is 1.68. The molecule has 0 fully saturated rings. The second kappa shape index (κ2) is 5.92. The van der Waals surface area contributed by atoms with Crippen LogP contribution >= 0.6 is 11.3 Å². The molecule has 3 aromatic heterocycles. The molecule has 0 unspecified atom stereocenters. The zero-order valence-electron chi connectivity index (χ0n) is 13.7. The zero-order chi connectivity index (χ0) is 16.7. The summed E-state index contributed by atoms with van der Waals surface area (Å²) in [4.78, 5) is 5.75. The average molecular weight is 337 g/mol. The summed E-state index contributed by atoms with van der Waals surface area (Å²) in [5.41, 5.74) is 11.5. The van der Waals surface area contributed by atoms with E-state index in [1.165, 1.54) is 5.56 Å². The molecule has 3 heterocycles. The Morgan fingerprint density at radius 3 is 2.62 bits per heavy atom. The summed E-state index contributed by atoms with van der Waals surface area (Å²) in [5, 5.41) is 2.06. The summed E-state index contributed by atoms with van der Waals surface area (Å²) in [6.45, 7) is 4.82. The predicted octanol–water partition coefficient (Wildman–Crippen LogP) is 4.90. The van der Waals surface area contributed by atoms with E-state index in [1.54, 1.807) is 17.6 Å². The largest absolute Gasteiger partial charge is 0.463 e. The summed E-state index contributed by atoms with van der Waals surface area (Å²) >= 11 is 1.60. The van der Waals surface area contributed by atoms with Crippen molar-refractivity contribution >= 4 is 16.3 Å². The molecule has 5 heteroatoms. The predicted molar refractivity (Wildman–Crippen MR) is 98.2 cm³/mol. The van der Waals surface area contributed by atoms with Crippen LogP contribution in [-0.4, -0.2) is 9.38 Å². The van der Waals surface area contributed by atoms with Crippen molar-refractivity contribution in [1.29, 1.82) is 0 Å². The second-order valence-corrected chi connectivity index (χ2v) is 6.94. The molecule has 0 aliphatic carbocycles. The van der Waals surface area contributed by atoms with Gasteiger partial charge in [-0.1, -0.05) is 38.1 Å². The van der Waals surface area contributed by atoms with E-state index in [-0.39, 0.29) is 0 Å². The number of nitrogens with zero attached hydrogens (tertiary/aromatic N) is 2. The van der Waals surface area contributed by atoms with Crippen LogP contribution in [-0.2, 0) is 6.54 Å². The van der Waals surface area contributed by atoms with Gasteiger partial charge in [0.1, 0.15) is 5.69 Å². The van der Waals surface area contributed by atoms with Gasteiger partial charge < -0.3 is 10.2 Å². The van der Waals surface area contributed by atoms with Crippen molar-refractivity contribution in [1.82, 2.24) is 9.38 Å². The molecule has 0 atom stereocenters. The molecule has 1 aromatic carbocycles. The van der Waals surface area contributed by atoms with Gasteiger partial charge >= 0.3 is 0 Å². The average Bonchev–Trinajstić information content (AvgIpc) is 3.30. The highest BCUT2D eigenvalue weighted by molar-refractivity contribution is 7.15. The van der Waals surface area contributed by atoms with Crippen LogP contribution in [0.25, 0.3) is 27.7 Å². The summed E-state index contributed by atoms with van der Waals surface area (Å²) in [7, 11) is 0. The first-order valence-electron chi connectivity index (χ1n) is 8.02. The van der Waals surface area contributed by atoms with Crippen molar-refractivity contribution in [2.24, 2.45) is 5.73 Å². The van der Waals surface area contributed by atoms with Gasteiger partial charge in [-0.3, -0.25) is 4.40 Å². The van der Waals surface area contributed by atoms with Gasteiger partial charge in [-0.2, -0.15) is 0 Å². The highest BCUT2D eigenvalue weighted by atomic mass is 32.1. The van der Waals surface area contributed by atoms with Gasteiger partial charge in [-0.25, -0.2) is 4.98 Å². The molecule has 4 aromatic rings. The molecule has 0 radical (unpaired) electrons. The Hall–Kier alpha value is -2.37. The SMILES string of the molecule is CC(C)c1ccc(-c2nc3scc(-c4ccco4)n3c2CN)cc1. The fraction of sp³-hybridized carbons (Fsp3) is 0.211. The number of thiazole rings is 1. The fourth-order valence-corrected chi connectivity index (χ4v) is 3.85. The van der Waals surface area contributed by atoms with E-state index in [1.807, 2.05) is 12.1 Å². The van der Waals surface area contributed by atoms with E-state index in [4.69, 9.17) is 15.1 Å². The molecule has 0 saturated heterocycles. The maximum atomic E-state index is 6.07. The van der Waals surface area contributed by atoms with E-state index in [2.05, 4.69) is 47.9 Å². The fourth-order valence-electron chi connectivity index (χ4n) is 2.96. The number of nitrogens with two attached hydrogens (primary N) is 1. The van der Waals surface area contributed by atoms with Crippen LogP contribution in [0.15, 0.2) is 52.5 Å². The molecule has 24 heavy (non-hydrogen) atoms. The van der Waals surface area contributed by atoms with Crippen molar-refractivity contribution in [2.75, 3.05) is 0 Å². The first-order valence-corrected chi connectivity index (χ1v) is 8.90. The van der Waals surface area contributed by atoms with Gasteiger partial charge in [0.25, 0.3) is 0 Å². The quantitative estimate of drug-likeness (QED) is 0.576. The van der Waals surface area contributed by atoms with Crippen molar-refractivity contribution in [3.8, 4) is 22.7 Å². The lowest BCUT2D eigenvalue weighted by molar-refractivity contribution is 0.579. The van der Waals surface area contributed by atoms with Gasteiger partial charge in [-0.15, -0.1) is 11.3 Å². The number of benzene rings is 1. The Labute approximate surface area is 144 Å². The second-order valence-electron chi connectivity index (χ2n) is 6.10. The van der Waals surface area contributed by atoms with Crippen molar-refractivity contribution in [2.45, 2.75) is 26.3 Å². The Kier molecular flexibility index (Phi) is 3.75. The standard InChI is InChI=1S/C19H19N3OS/c1-12(2)13-5-7-14(8-6-13)18-15(10-20)22-16(11-24-19(22)21-18)17-4-3-9-23-17/h3-9,11-12H,10,20H2,1-2H3. The molecule has 4 rings (SSSR count). The summed E-state index contributed by atoms with van der Waals surface area (Å²) < 4.78 is 7.67. The third-order valence-electron chi connectivity index (χ3n) is 4.28. The van der Waals surface area contributed by atoms with Crippen LogP contribution in [0.1, 0.15) is 31.0 Å². The molecule has 122 valence electrons. The maximum Gasteiger partial charge on any atom is 0.195 e. The molecular formula is C19H19N3OS. The highest BCUT2D eigenvalue weighted by Crippen LogP contribution is 2.33. The number of rotatable bonds is 4. The Bertz CT molecular complexity index is 962. The monoisotopic (exact) mass is 337 g/mol. The highest BCUT2D eigenvalue weighted by Gasteiger charge is 2.19. The molecule has 0 spiro atoms. The Morgan fingerprint density at radius 1 is 1.21 bits per heavy atom. The molecule has 0 saturated carbocycles. The van der Waals surface area contributed by atoms with E-state index in [9.17, 15) is 0 Å². The van der Waals surface area contributed by atoms with E-state index < -0.39 is 0 Å². The van der Waals surface area contributed by atoms with Crippen LogP contribution in [0.5, 0.6) is 0 Å². The molecular weight excluding hydrogens is 318 g/mol. The normalized spacial score (nSPS) is 11.7. The van der Waals surface area contributed by atoms with Gasteiger partial charge in [0.05, 0.1) is 17.7 Å². The first-order chi connectivity index (χ1) is 11.7. The van der Waals surface area contributed by atoms with Crippen molar-refractivity contribution in [3.63, 3.8) is 0 Å².